The first-order chi connectivity index (χ1) is 11.1. The number of rotatable bonds is 1. The highest BCUT2D eigenvalue weighted by atomic mass is 16.2. The van der Waals surface area contributed by atoms with Gasteiger partial charge in [0.2, 0.25) is 0 Å². The van der Waals surface area contributed by atoms with Crippen LogP contribution < -0.4 is 0 Å². The number of fused-ring (bicyclic) bond motifs is 2. The van der Waals surface area contributed by atoms with Crippen molar-refractivity contribution < 1.29 is 9.59 Å². The van der Waals surface area contributed by atoms with Crippen LogP contribution in [-0.2, 0) is 0 Å². The van der Waals surface area contributed by atoms with Gasteiger partial charge >= 0.3 is 0 Å². The molecule has 0 amide bonds. The summed E-state index contributed by atoms with van der Waals surface area (Å²) in [5.41, 5.74) is 4.43. The van der Waals surface area contributed by atoms with Gasteiger partial charge in [0.25, 0.3) is 0 Å². The summed E-state index contributed by atoms with van der Waals surface area (Å²) in [4.78, 5) is 30.0. The molecule has 4 rings (SSSR count). The summed E-state index contributed by atoms with van der Waals surface area (Å²) < 4.78 is 0. The number of para-hydroxylation sites is 1. The number of pyridine rings is 1. The fourth-order valence-electron chi connectivity index (χ4n) is 3.17. The molecule has 0 N–H and O–H groups in total. The van der Waals surface area contributed by atoms with Gasteiger partial charge in [0.05, 0.1) is 11.2 Å². The lowest BCUT2D eigenvalue weighted by atomic mass is 9.98. The van der Waals surface area contributed by atoms with Crippen LogP contribution in [0.4, 0.5) is 0 Å². The number of nitrogens with zero attached hydrogens (tertiary/aromatic N) is 1. The third-order valence-corrected chi connectivity index (χ3v) is 4.60. The van der Waals surface area contributed by atoms with E-state index in [9.17, 15) is 9.59 Å². The average molecular weight is 301 g/mol. The van der Waals surface area contributed by atoms with Gasteiger partial charge in [0.1, 0.15) is 5.92 Å². The molecule has 3 aromatic rings. The largest absolute Gasteiger partial charge is 0.293 e. The van der Waals surface area contributed by atoms with Gasteiger partial charge in [-0.05, 0) is 49.2 Å². The Labute approximate surface area is 134 Å². The first-order valence-electron chi connectivity index (χ1n) is 7.61. The van der Waals surface area contributed by atoms with Crippen molar-refractivity contribution in [2.45, 2.75) is 19.8 Å². The van der Waals surface area contributed by atoms with E-state index in [0.717, 1.165) is 22.0 Å². The minimum Gasteiger partial charge on any atom is -0.293 e. The number of aryl methyl sites for hydroxylation is 2. The second kappa shape index (κ2) is 4.85. The molecule has 0 saturated heterocycles. The standard InChI is InChI=1S/C20H15NO2/c1-11-9-14-15(10-12(11)2)20(23)18(19(14)22)17-8-7-13-5-3-4-6-16(13)21-17/h3-10,18H,1-2H3. The van der Waals surface area contributed by atoms with Crippen molar-refractivity contribution in [1.82, 2.24) is 4.98 Å². The molecule has 0 atom stereocenters. The number of hydrogen-bond donors (Lipinski definition) is 0. The minimum absolute atomic E-state index is 0.143. The van der Waals surface area contributed by atoms with E-state index in [1.165, 1.54) is 0 Å². The Hall–Kier alpha value is -2.81. The molecule has 1 aliphatic rings. The van der Waals surface area contributed by atoms with Gasteiger partial charge in [-0.2, -0.15) is 0 Å². The average Bonchev–Trinajstić information content (AvgIpc) is 2.79. The third-order valence-electron chi connectivity index (χ3n) is 4.60. The molecular weight excluding hydrogens is 286 g/mol. The molecule has 0 unspecified atom stereocenters. The van der Waals surface area contributed by atoms with E-state index in [1.54, 1.807) is 6.07 Å². The smallest absolute Gasteiger partial charge is 0.180 e. The van der Waals surface area contributed by atoms with Crippen molar-refractivity contribution in [2.24, 2.45) is 0 Å². The molecular formula is C20H15NO2. The fourth-order valence-corrected chi connectivity index (χ4v) is 3.17. The van der Waals surface area contributed by atoms with Crippen molar-refractivity contribution in [3.63, 3.8) is 0 Å². The minimum atomic E-state index is -0.809. The Bertz CT molecular complexity index is 947. The van der Waals surface area contributed by atoms with E-state index in [2.05, 4.69) is 4.98 Å². The first kappa shape index (κ1) is 13.8. The predicted octanol–water partition coefficient (Wildman–Crippen LogP) is 4.01. The number of carbonyl (C=O) groups is 2. The van der Waals surface area contributed by atoms with Crippen molar-refractivity contribution in [3.05, 3.63) is 76.5 Å². The van der Waals surface area contributed by atoms with Crippen LogP contribution in [0.5, 0.6) is 0 Å². The second-order valence-corrected chi connectivity index (χ2v) is 6.07. The van der Waals surface area contributed by atoms with Crippen LogP contribution in [0, 0.1) is 13.8 Å². The number of ketones is 2. The predicted molar refractivity (Wildman–Crippen MR) is 89.1 cm³/mol. The zero-order chi connectivity index (χ0) is 16.1. The molecule has 1 heterocycles. The SMILES string of the molecule is Cc1cc2c(cc1C)C(=O)C(c1ccc3ccccc3n1)C2=O. The molecule has 1 aliphatic carbocycles. The van der Waals surface area contributed by atoms with Crippen molar-refractivity contribution in [1.29, 1.82) is 0 Å². The summed E-state index contributed by atoms with van der Waals surface area (Å²) in [7, 11) is 0. The van der Waals surface area contributed by atoms with Crippen LogP contribution in [-0.4, -0.2) is 16.6 Å². The summed E-state index contributed by atoms with van der Waals surface area (Å²) in [5.74, 6) is -1.09. The van der Waals surface area contributed by atoms with Crippen LogP contribution in [0.25, 0.3) is 10.9 Å². The summed E-state index contributed by atoms with van der Waals surface area (Å²) in [6.07, 6.45) is 0. The zero-order valence-electron chi connectivity index (χ0n) is 13.0. The first-order valence-corrected chi connectivity index (χ1v) is 7.61. The maximum atomic E-state index is 12.7. The van der Waals surface area contributed by atoms with Gasteiger partial charge < -0.3 is 0 Å². The summed E-state index contributed by atoms with van der Waals surface area (Å²) in [6, 6.07) is 15.1. The van der Waals surface area contributed by atoms with Crippen LogP contribution in [0.1, 0.15) is 43.5 Å². The molecule has 0 fully saturated rings. The summed E-state index contributed by atoms with van der Waals surface area (Å²) >= 11 is 0. The van der Waals surface area contributed by atoms with Gasteiger partial charge in [-0.15, -0.1) is 0 Å². The van der Waals surface area contributed by atoms with E-state index >= 15 is 0 Å². The molecule has 23 heavy (non-hydrogen) atoms. The van der Waals surface area contributed by atoms with Gasteiger partial charge in [-0.25, -0.2) is 0 Å². The summed E-state index contributed by atoms with van der Waals surface area (Å²) in [6.45, 7) is 3.91. The van der Waals surface area contributed by atoms with Gasteiger partial charge in [-0.1, -0.05) is 24.3 Å². The fraction of sp³-hybridized carbons (Fsp3) is 0.150. The molecule has 0 bridgehead atoms. The second-order valence-electron chi connectivity index (χ2n) is 6.07. The topological polar surface area (TPSA) is 47.0 Å². The molecule has 1 aromatic heterocycles. The van der Waals surface area contributed by atoms with Crippen LogP contribution in [0.2, 0.25) is 0 Å². The van der Waals surface area contributed by atoms with Crippen LogP contribution >= 0.6 is 0 Å². The third kappa shape index (κ3) is 2.00. The quantitative estimate of drug-likeness (QED) is 0.638. The molecule has 2 aromatic carbocycles. The van der Waals surface area contributed by atoms with Gasteiger partial charge in [-0.3, -0.25) is 14.6 Å². The monoisotopic (exact) mass is 301 g/mol. The normalized spacial score (nSPS) is 14.5. The van der Waals surface area contributed by atoms with Crippen molar-refractivity contribution in [2.75, 3.05) is 0 Å². The van der Waals surface area contributed by atoms with E-state index < -0.39 is 5.92 Å². The Kier molecular flexibility index (Phi) is 2.91. The Morgan fingerprint density at radius 1 is 0.826 bits per heavy atom. The van der Waals surface area contributed by atoms with Gasteiger partial charge in [0.15, 0.2) is 11.6 Å². The number of carbonyl (C=O) groups excluding carboxylic acids is 2. The van der Waals surface area contributed by atoms with E-state index in [4.69, 9.17) is 0 Å². The number of benzene rings is 2. The Morgan fingerprint density at radius 3 is 2.09 bits per heavy atom. The summed E-state index contributed by atoms with van der Waals surface area (Å²) in [5, 5.41) is 0.998. The highest BCUT2D eigenvalue weighted by Gasteiger charge is 2.40. The molecule has 0 radical (unpaired) electrons. The van der Waals surface area contributed by atoms with E-state index in [1.807, 2.05) is 56.3 Å². The van der Waals surface area contributed by atoms with Gasteiger partial charge in [0, 0.05) is 16.5 Å². The highest BCUT2D eigenvalue weighted by Crippen LogP contribution is 2.35. The number of hydrogen-bond acceptors (Lipinski definition) is 3. The van der Waals surface area contributed by atoms with E-state index in [-0.39, 0.29) is 11.6 Å². The number of aromatic nitrogens is 1. The molecule has 0 saturated carbocycles. The maximum Gasteiger partial charge on any atom is 0.180 e. The van der Waals surface area contributed by atoms with Crippen LogP contribution in [0.15, 0.2) is 48.5 Å². The molecule has 3 heteroatoms. The molecule has 3 nitrogen and oxygen atoms in total. The lowest BCUT2D eigenvalue weighted by molar-refractivity contribution is 0.0888. The zero-order valence-corrected chi connectivity index (χ0v) is 13.0. The highest BCUT2D eigenvalue weighted by molar-refractivity contribution is 6.29. The van der Waals surface area contributed by atoms with E-state index in [0.29, 0.717) is 16.8 Å². The molecule has 0 aliphatic heterocycles. The maximum absolute atomic E-state index is 12.7. The molecule has 112 valence electrons. The van der Waals surface area contributed by atoms with Crippen molar-refractivity contribution >= 4 is 22.5 Å². The van der Waals surface area contributed by atoms with Crippen molar-refractivity contribution in [3.8, 4) is 0 Å². The molecule has 0 spiro atoms. The van der Waals surface area contributed by atoms with Crippen LogP contribution in [0.3, 0.4) is 0 Å². The lowest BCUT2D eigenvalue weighted by Gasteiger charge is -2.07. The Balaban J connectivity index is 1.86. The number of Topliss-reactive ketones (excluding diaryl/α,β-unsaturated/α-hetero) is 2. The Morgan fingerprint density at radius 2 is 1.43 bits per heavy atom. The lowest BCUT2D eigenvalue weighted by Crippen LogP contribution is -2.14.